The summed E-state index contributed by atoms with van der Waals surface area (Å²) in [5, 5.41) is 42.5. The summed E-state index contributed by atoms with van der Waals surface area (Å²) < 4.78 is 68.1. The average molecular weight is 619 g/mol. The van der Waals surface area contributed by atoms with Crippen LogP contribution >= 0.6 is 11.8 Å². The highest BCUT2D eigenvalue weighted by Crippen LogP contribution is 2.44. The first kappa shape index (κ1) is 31.4. The van der Waals surface area contributed by atoms with E-state index in [0.29, 0.717) is 27.7 Å². The summed E-state index contributed by atoms with van der Waals surface area (Å²) in [4.78, 5) is 9.27. The fourth-order valence-electron chi connectivity index (χ4n) is 4.61. The molecular formula is C23H28F2N6O8S2-2. The lowest BCUT2D eigenvalue weighted by atomic mass is 10.1. The summed E-state index contributed by atoms with van der Waals surface area (Å²) in [7, 11) is -5.17. The van der Waals surface area contributed by atoms with Crippen LogP contribution in [0.4, 0.5) is 14.6 Å². The molecule has 3 aromatic rings. The maximum absolute atomic E-state index is 13.7. The van der Waals surface area contributed by atoms with Crippen molar-refractivity contribution in [3.05, 3.63) is 35.4 Å². The highest BCUT2D eigenvalue weighted by molar-refractivity contribution is 7.99. The van der Waals surface area contributed by atoms with E-state index >= 15 is 0 Å². The normalized spacial score (nSPS) is 25.7. The number of aliphatic hydroxyl groups excluding tert-OH is 3. The summed E-state index contributed by atoms with van der Waals surface area (Å²) in [5.74, 6) is -0.472. The molecule has 2 aliphatic rings. The molecule has 0 bridgehead atoms. The highest BCUT2D eigenvalue weighted by Gasteiger charge is 2.45. The monoisotopic (exact) mass is 618 g/mol. The minimum Gasteiger partial charge on any atom is -0.759 e. The summed E-state index contributed by atoms with van der Waals surface area (Å²) >= 11 is 1.48. The zero-order valence-corrected chi connectivity index (χ0v) is 23.3. The van der Waals surface area contributed by atoms with E-state index in [1.807, 2.05) is 0 Å². The van der Waals surface area contributed by atoms with Crippen LogP contribution in [-0.2, 0) is 15.1 Å². The number of aromatic nitrogens is 5. The number of fused-ring (bicyclic) bond motifs is 1. The van der Waals surface area contributed by atoms with Gasteiger partial charge in [-0.05, 0) is 30.5 Å². The Bertz CT molecular complexity index is 1460. The molecule has 0 radical (unpaired) electrons. The van der Waals surface area contributed by atoms with Crippen molar-refractivity contribution >= 4 is 39.1 Å². The number of hydrogen-bond donors (Lipinski definition) is 4. The van der Waals surface area contributed by atoms with Gasteiger partial charge in [0, 0.05) is 34.5 Å². The maximum atomic E-state index is 13.7. The van der Waals surface area contributed by atoms with Gasteiger partial charge in [-0.2, -0.15) is 0 Å². The second-order valence-corrected chi connectivity index (χ2v) is 11.4. The number of benzene rings is 1. The Morgan fingerprint density at radius 3 is 2.56 bits per heavy atom. The third kappa shape index (κ3) is 7.83. The number of hydrogen-bond acceptors (Lipinski definition) is 14. The van der Waals surface area contributed by atoms with E-state index in [1.54, 1.807) is 6.07 Å². The van der Waals surface area contributed by atoms with Crippen LogP contribution in [0.1, 0.15) is 43.7 Å². The molecule has 0 spiro atoms. The van der Waals surface area contributed by atoms with Gasteiger partial charge in [0.2, 0.25) is 0 Å². The smallest absolute Gasteiger partial charge is 0.191 e. The van der Waals surface area contributed by atoms with Crippen LogP contribution in [0.15, 0.2) is 23.4 Å². The quantitative estimate of drug-likeness (QED) is 0.106. The minimum absolute atomic E-state index is 0.00291. The molecule has 0 saturated heterocycles. The van der Waals surface area contributed by atoms with E-state index in [2.05, 4.69) is 32.5 Å². The fraction of sp³-hybridized carbons (Fsp3) is 0.565. The van der Waals surface area contributed by atoms with E-state index in [1.165, 1.54) is 22.5 Å². The molecule has 0 amide bonds. The molecular weight excluding hydrogens is 590 g/mol. The van der Waals surface area contributed by atoms with E-state index in [4.69, 9.17) is 27.4 Å². The predicted octanol–water partition coefficient (Wildman–Crippen LogP) is 0.676. The van der Waals surface area contributed by atoms with Crippen molar-refractivity contribution in [3.8, 4) is 0 Å². The van der Waals surface area contributed by atoms with Crippen molar-refractivity contribution < 1.29 is 46.4 Å². The molecule has 2 aliphatic carbocycles. The summed E-state index contributed by atoms with van der Waals surface area (Å²) in [6.07, 6.45) is -1.04. The summed E-state index contributed by atoms with van der Waals surface area (Å²) in [6, 6.07) is 3.26. The Kier molecular flexibility index (Phi) is 10.1. The zero-order chi connectivity index (χ0) is 29.9. The van der Waals surface area contributed by atoms with Crippen LogP contribution in [0.2, 0.25) is 0 Å². The first-order valence-electron chi connectivity index (χ1n) is 12.6. The van der Waals surface area contributed by atoms with Crippen LogP contribution in [0, 0.1) is 11.6 Å². The summed E-state index contributed by atoms with van der Waals surface area (Å²) in [5.41, 5.74) is 1.53. The molecule has 0 unspecified atom stereocenters. The highest BCUT2D eigenvalue weighted by atomic mass is 32.3. The minimum atomic E-state index is -5.17. The van der Waals surface area contributed by atoms with Crippen LogP contribution in [0.5, 0.6) is 0 Å². The standard InChI is InChI=1S/C23H28F2N6O4S.H2O4S/c1-2-7-36-23-27-21(26-15-9-12(15)11-3-4-13(24)14(25)8-11)18-22(28-23)31(30-29-18)16-10-17(35-6-5-32)20(34)19(16)33;1-5(2,3)4/h3-4,8,12,15-17,19-20,32-34H,2,5-7,9-10H2,1H3,(H,26,27,28);(H2,1,2,3,4)/p-2/t12-,15+,16+,17-,19-,20+;/m0./s1. The van der Waals surface area contributed by atoms with E-state index in [0.717, 1.165) is 24.7 Å². The van der Waals surface area contributed by atoms with Gasteiger partial charge in [0.05, 0.1) is 25.4 Å². The molecule has 6 atom stereocenters. The average Bonchev–Trinajstić information content (AvgIpc) is 3.45. The van der Waals surface area contributed by atoms with E-state index < -0.39 is 46.4 Å². The third-order valence-corrected chi connectivity index (χ3v) is 7.61. The van der Waals surface area contributed by atoms with Crippen molar-refractivity contribution in [2.45, 2.75) is 67.7 Å². The number of nitrogens with zero attached hydrogens (tertiary/aromatic N) is 5. The number of aliphatic hydroxyl groups is 3. The molecule has 2 heterocycles. The van der Waals surface area contributed by atoms with Gasteiger partial charge in [-0.15, -0.1) is 5.10 Å². The van der Waals surface area contributed by atoms with Gasteiger partial charge in [-0.1, -0.05) is 30.0 Å². The first-order valence-corrected chi connectivity index (χ1v) is 15.0. The van der Waals surface area contributed by atoms with Gasteiger partial charge in [0.1, 0.15) is 12.2 Å². The van der Waals surface area contributed by atoms with E-state index in [-0.39, 0.29) is 31.6 Å². The number of thioether (sulfide) groups is 1. The third-order valence-electron chi connectivity index (χ3n) is 6.56. The zero-order valence-electron chi connectivity index (χ0n) is 21.6. The number of nitrogens with one attached hydrogen (secondary N) is 1. The summed E-state index contributed by atoms with van der Waals surface area (Å²) in [6.45, 7) is 1.91. The van der Waals surface area contributed by atoms with Gasteiger partial charge >= 0.3 is 0 Å². The maximum Gasteiger partial charge on any atom is 0.191 e. The van der Waals surface area contributed by atoms with Crippen LogP contribution < -0.4 is 5.32 Å². The molecule has 5 rings (SSSR count). The van der Waals surface area contributed by atoms with Crippen molar-refractivity contribution in [3.63, 3.8) is 0 Å². The number of rotatable bonds is 10. The number of halogens is 2. The molecule has 0 aliphatic heterocycles. The van der Waals surface area contributed by atoms with Crippen molar-refractivity contribution in [1.82, 2.24) is 25.0 Å². The van der Waals surface area contributed by atoms with Gasteiger partial charge in [0.15, 0.2) is 33.8 Å². The first-order chi connectivity index (χ1) is 19.4. The second-order valence-electron chi connectivity index (χ2n) is 9.50. The Morgan fingerprint density at radius 1 is 1.17 bits per heavy atom. The van der Waals surface area contributed by atoms with Gasteiger partial charge in [0.25, 0.3) is 0 Å². The van der Waals surface area contributed by atoms with Gasteiger partial charge in [-0.25, -0.2) is 23.4 Å². The Morgan fingerprint density at radius 2 is 1.90 bits per heavy atom. The van der Waals surface area contributed by atoms with Crippen LogP contribution in [-0.4, -0.2) is 101 Å². The van der Waals surface area contributed by atoms with Crippen LogP contribution in [0.3, 0.4) is 0 Å². The van der Waals surface area contributed by atoms with Gasteiger partial charge in [-0.3, -0.25) is 8.42 Å². The van der Waals surface area contributed by atoms with Crippen LogP contribution in [0.25, 0.3) is 11.2 Å². The molecule has 4 N–H and O–H groups in total. The fourth-order valence-corrected chi connectivity index (χ4v) is 5.31. The number of ether oxygens (including phenoxy) is 1. The Hall–Kier alpha value is -2.58. The molecule has 2 saturated carbocycles. The molecule has 1 aromatic carbocycles. The Labute approximate surface area is 237 Å². The molecule has 18 heteroatoms. The topological polar surface area (TPSA) is 219 Å². The lowest BCUT2D eigenvalue weighted by molar-refractivity contribution is -0.0629. The van der Waals surface area contributed by atoms with Crippen molar-refractivity contribution in [2.75, 3.05) is 24.3 Å². The number of anilines is 1. The molecule has 41 heavy (non-hydrogen) atoms. The van der Waals surface area contributed by atoms with Crippen molar-refractivity contribution in [2.24, 2.45) is 0 Å². The van der Waals surface area contributed by atoms with Crippen molar-refractivity contribution in [1.29, 1.82) is 0 Å². The molecule has 14 nitrogen and oxygen atoms in total. The lowest BCUT2D eigenvalue weighted by Crippen LogP contribution is -2.33. The molecule has 2 aromatic heterocycles. The second kappa shape index (κ2) is 13.2. The van der Waals surface area contributed by atoms with E-state index in [9.17, 15) is 19.0 Å². The molecule has 226 valence electrons. The predicted molar refractivity (Wildman–Crippen MR) is 138 cm³/mol. The largest absolute Gasteiger partial charge is 0.759 e. The lowest BCUT2D eigenvalue weighted by Gasteiger charge is -2.17. The molecule has 2 fully saturated rings. The SMILES string of the molecule is CCCSc1nc(N[C@@H]2C[C@H]2c2ccc(F)c(F)c2)c2nnn([C@@H]3C[C@H](OCCO)[C@@H](O)[C@H]3O)c2n1.O=S(=O)([O-])[O-]. The van der Waals surface area contributed by atoms with Gasteiger partial charge < -0.3 is 34.5 Å². The Balaban J connectivity index is 0.000000714.